The van der Waals surface area contributed by atoms with Crippen LogP contribution in [0.3, 0.4) is 0 Å². The molecule has 3 aromatic rings. The van der Waals surface area contributed by atoms with E-state index in [-0.39, 0.29) is 6.61 Å². The number of rotatable bonds is 13. The van der Waals surface area contributed by atoms with E-state index in [2.05, 4.69) is 9.98 Å². The van der Waals surface area contributed by atoms with Crippen LogP contribution >= 0.6 is 0 Å². The summed E-state index contributed by atoms with van der Waals surface area (Å²) >= 11 is 0. The van der Waals surface area contributed by atoms with Crippen LogP contribution in [0, 0.1) is 0 Å². The van der Waals surface area contributed by atoms with E-state index < -0.39 is 18.3 Å². The van der Waals surface area contributed by atoms with Crippen molar-refractivity contribution in [3.63, 3.8) is 0 Å². The normalized spacial score (nSPS) is 16.4. The van der Waals surface area contributed by atoms with Gasteiger partial charge in [-0.3, -0.25) is 0 Å². The lowest BCUT2D eigenvalue weighted by Gasteiger charge is -2.29. The highest BCUT2D eigenvalue weighted by atomic mass is 16.6. The van der Waals surface area contributed by atoms with Crippen molar-refractivity contribution in [2.24, 2.45) is 9.98 Å². The Morgan fingerprint density at radius 1 is 0.714 bits per heavy atom. The smallest absolute Gasteiger partial charge is 0.116 e. The molecule has 6 heteroatoms. The summed E-state index contributed by atoms with van der Waals surface area (Å²) < 4.78 is 18.4. The van der Waals surface area contributed by atoms with E-state index in [4.69, 9.17) is 14.2 Å². The number of aliphatic imine (C=N–C) groups is 2. The second kappa shape index (κ2) is 13.5. The topological polar surface area (TPSA) is 72.6 Å². The summed E-state index contributed by atoms with van der Waals surface area (Å²) in [7, 11) is 0. The number of hydrogen-bond donors (Lipinski definition) is 1. The Morgan fingerprint density at radius 2 is 1.26 bits per heavy atom. The molecule has 0 aromatic heterocycles. The van der Waals surface area contributed by atoms with Gasteiger partial charge in [0.2, 0.25) is 0 Å². The number of ether oxygens (including phenoxy) is 3. The van der Waals surface area contributed by atoms with Gasteiger partial charge >= 0.3 is 0 Å². The Labute approximate surface area is 206 Å². The van der Waals surface area contributed by atoms with Crippen LogP contribution in [0.4, 0.5) is 0 Å². The van der Waals surface area contributed by atoms with Gasteiger partial charge in [-0.2, -0.15) is 0 Å². The van der Waals surface area contributed by atoms with Crippen molar-refractivity contribution in [2.45, 2.75) is 38.1 Å². The van der Waals surface area contributed by atoms with Gasteiger partial charge in [-0.1, -0.05) is 91.0 Å². The fourth-order valence-corrected chi connectivity index (χ4v) is 3.66. The van der Waals surface area contributed by atoms with Crippen molar-refractivity contribution in [2.75, 3.05) is 6.61 Å². The van der Waals surface area contributed by atoms with Gasteiger partial charge in [0.05, 0.1) is 38.3 Å². The van der Waals surface area contributed by atoms with Gasteiger partial charge in [0, 0.05) is 0 Å². The first-order valence-electron chi connectivity index (χ1n) is 11.7. The summed E-state index contributed by atoms with van der Waals surface area (Å²) in [6, 6.07) is 29.6. The van der Waals surface area contributed by atoms with Crippen molar-refractivity contribution >= 4 is 12.6 Å². The average Bonchev–Trinajstić information content (AvgIpc) is 3.42. The summed E-state index contributed by atoms with van der Waals surface area (Å²) in [4.78, 5) is 8.31. The van der Waals surface area contributed by atoms with Gasteiger partial charge in [0.25, 0.3) is 0 Å². The van der Waals surface area contributed by atoms with Gasteiger partial charge < -0.3 is 19.3 Å². The van der Waals surface area contributed by atoms with E-state index in [0.717, 1.165) is 16.7 Å². The quantitative estimate of drug-likeness (QED) is 0.392. The first-order chi connectivity index (χ1) is 17.3. The first-order valence-corrected chi connectivity index (χ1v) is 11.7. The lowest BCUT2D eigenvalue weighted by molar-refractivity contribution is -0.134. The van der Waals surface area contributed by atoms with Crippen molar-refractivity contribution in [1.29, 1.82) is 0 Å². The summed E-state index contributed by atoms with van der Waals surface area (Å²) in [5.41, 5.74) is 3.73. The van der Waals surface area contributed by atoms with E-state index in [9.17, 15) is 5.11 Å². The molecule has 0 radical (unpaired) electrons. The molecule has 0 amide bonds. The van der Waals surface area contributed by atoms with E-state index in [1.807, 2.05) is 97.1 Å². The molecule has 0 unspecified atom stereocenters. The Balaban J connectivity index is 1.49. The summed E-state index contributed by atoms with van der Waals surface area (Å²) in [6.45, 7) is 1.18. The van der Waals surface area contributed by atoms with Gasteiger partial charge in [0.1, 0.15) is 24.7 Å². The zero-order chi connectivity index (χ0) is 24.1. The standard InChI is InChI=1S/C29H30N2O4/c32-27(21-33-18-23-10-4-1-5-11-23)29(35-20-25-14-8-3-9-15-25)28(16-26-17-30-22-31-26)34-19-24-12-6-2-7-13-24/h1-17,22,27-29,32H,18-21H2/b26-16-/t27-,28+,29-/m1/s1. The Bertz CT molecular complexity index is 1090. The van der Waals surface area contributed by atoms with Gasteiger partial charge in [0.15, 0.2) is 0 Å². The third kappa shape index (κ3) is 8.09. The minimum Gasteiger partial charge on any atom is -0.388 e. The van der Waals surface area contributed by atoms with Crippen molar-refractivity contribution in [3.05, 3.63) is 119 Å². The van der Waals surface area contributed by atoms with Gasteiger partial charge in [-0.25, -0.2) is 9.98 Å². The van der Waals surface area contributed by atoms with Crippen molar-refractivity contribution in [3.8, 4) is 0 Å². The van der Waals surface area contributed by atoms with E-state index in [0.29, 0.717) is 25.5 Å². The summed E-state index contributed by atoms with van der Waals surface area (Å²) in [5, 5.41) is 11.2. The molecule has 4 rings (SSSR count). The van der Waals surface area contributed by atoms with Crippen LogP contribution in [-0.4, -0.2) is 42.6 Å². The molecule has 1 N–H and O–H groups in total. The maximum atomic E-state index is 11.2. The van der Waals surface area contributed by atoms with E-state index >= 15 is 0 Å². The molecule has 1 aliphatic heterocycles. The molecule has 0 saturated carbocycles. The molecule has 1 heterocycles. The molecule has 3 atom stereocenters. The highest BCUT2D eigenvalue weighted by molar-refractivity contribution is 5.91. The fraction of sp³-hybridized carbons (Fsp3) is 0.241. The zero-order valence-corrected chi connectivity index (χ0v) is 19.5. The van der Waals surface area contributed by atoms with Crippen LogP contribution < -0.4 is 0 Å². The average molecular weight is 471 g/mol. The number of aliphatic hydroxyl groups excluding tert-OH is 1. The third-order valence-corrected chi connectivity index (χ3v) is 5.49. The third-order valence-electron chi connectivity index (χ3n) is 5.49. The fourth-order valence-electron chi connectivity index (χ4n) is 3.66. The van der Waals surface area contributed by atoms with E-state index in [1.165, 1.54) is 6.34 Å². The van der Waals surface area contributed by atoms with E-state index in [1.54, 1.807) is 6.21 Å². The van der Waals surface area contributed by atoms with Crippen molar-refractivity contribution in [1.82, 2.24) is 0 Å². The number of benzene rings is 3. The molecule has 0 saturated heterocycles. The molecule has 3 aromatic carbocycles. The molecule has 1 aliphatic rings. The molecular weight excluding hydrogens is 440 g/mol. The lowest BCUT2D eigenvalue weighted by Crippen LogP contribution is -2.43. The first kappa shape index (κ1) is 24.7. The predicted octanol–water partition coefficient (Wildman–Crippen LogP) is 4.73. The largest absolute Gasteiger partial charge is 0.388 e. The minimum absolute atomic E-state index is 0.0973. The molecule has 180 valence electrons. The predicted molar refractivity (Wildman–Crippen MR) is 137 cm³/mol. The Hall–Kier alpha value is -3.42. The monoisotopic (exact) mass is 470 g/mol. The van der Waals surface area contributed by atoms with Crippen LogP contribution in [0.5, 0.6) is 0 Å². The van der Waals surface area contributed by atoms with Crippen LogP contribution in [-0.2, 0) is 34.0 Å². The number of aliphatic hydroxyl groups is 1. The molecule has 0 fully saturated rings. The van der Waals surface area contributed by atoms with Gasteiger partial charge in [-0.15, -0.1) is 0 Å². The highest BCUT2D eigenvalue weighted by Crippen LogP contribution is 2.19. The molecule has 0 bridgehead atoms. The second-order valence-corrected chi connectivity index (χ2v) is 8.20. The Morgan fingerprint density at radius 3 is 1.80 bits per heavy atom. The van der Waals surface area contributed by atoms with Crippen molar-refractivity contribution < 1.29 is 19.3 Å². The number of nitrogens with zero attached hydrogens (tertiary/aromatic N) is 2. The maximum Gasteiger partial charge on any atom is 0.116 e. The number of allylic oxidation sites excluding steroid dienone is 1. The molecule has 35 heavy (non-hydrogen) atoms. The molecule has 6 nitrogen and oxygen atoms in total. The lowest BCUT2D eigenvalue weighted by atomic mass is 10.1. The maximum absolute atomic E-state index is 11.2. The molecule has 0 spiro atoms. The van der Waals surface area contributed by atoms with Crippen LogP contribution in [0.2, 0.25) is 0 Å². The Kier molecular flexibility index (Phi) is 9.50. The molecule has 0 aliphatic carbocycles. The van der Waals surface area contributed by atoms with Crippen LogP contribution in [0.15, 0.2) is 113 Å². The highest BCUT2D eigenvalue weighted by Gasteiger charge is 2.30. The zero-order valence-electron chi connectivity index (χ0n) is 19.5. The van der Waals surface area contributed by atoms with Gasteiger partial charge in [-0.05, 0) is 22.8 Å². The van der Waals surface area contributed by atoms with Crippen LogP contribution in [0.1, 0.15) is 16.7 Å². The molecular formula is C29H30N2O4. The second-order valence-electron chi connectivity index (χ2n) is 8.20. The summed E-state index contributed by atoms with van der Waals surface area (Å²) in [6.07, 6.45) is 2.79. The summed E-state index contributed by atoms with van der Waals surface area (Å²) in [5.74, 6) is 0. The minimum atomic E-state index is -0.928. The SMILES string of the molecule is O[C@H](COCc1ccccc1)[C@@H](OCc1ccccc1)[C@H](/C=C1/C=NC=N1)OCc1ccccc1. The van der Waals surface area contributed by atoms with Crippen LogP contribution in [0.25, 0.3) is 0 Å². The number of hydrogen-bond acceptors (Lipinski definition) is 6.